The Hall–Kier alpha value is -3.33. The zero-order valence-corrected chi connectivity index (χ0v) is 15.7. The molecule has 4 aromatic rings. The third-order valence-electron chi connectivity index (χ3n) is 3.86. The molecule has 0 aliphatic heterocycles. The number of aryl methyl sites for hydroxylation is 3. The van der Waals surface area contributed by atoms with E-state index in [-0.39, 0.29) is 5.91 Å². The van der Waals surface area contributed by atoms with Gasteiger partial charge in [0.1, 0.15) is 17.0 Å². The van der Waals surface area contributed by atoms with Crippen LogP contribution >= 0.6 is 11.3 Å². The van der Waals surface area contributed by atoms with E-state index in [9.17, 15) is 4.79 Å². The molecule has 0 spiro atoms. The van der Waals surface area contributed by atoms with Crippen molar-refractivity contribution in [3.63, 3.8) is 0 Å². The first-order valence-electron chi connectivity index (χ1n) is 8.19. The number of anilines is 1. The van der Waals surface area contributed by atoms with Crippen molar-refractivity contribution in [1.82, 2.24) is 24.7 Å². The fraction of sp³-hybridized carbons (Fsp3) is 0.167. The molecule has 8 nitrogen and oxygen atoms in total. The van der Waals surface area contributed by atoms with Crippen LogP contribution in [0.15, 0.2) is 41.3 Å². The Bertz CT molecular complexity index is 1110. The highest BCUT2D eigenvalue weighted by Gasteiger charge is 2.18. The molecule has 0 unspecified atom stereocenters. The number of thiazole rings is 1. The summed E-state index contributed by atoms with van der Waals surface area (Å²) in [4.78, 5) is 26.0. The summed E-state index contributed by atoms with van der Waals surface area (Å²) in [6.07, 6.45) is 2.97. The van der Waals surface area contributed by atoms with Crippen LogP contribution < -0.4 is 5.32 Å². The lowest BCUT2D eigenvalue weighted by molar-refractivity contribution is 0.102. The van der Waals surface area contributed by atoms with Crippen molar-refractivity contribution < 1.29 is 9.21 Å². The van der Waals surface area contributed by atoms with Crippen LogP contribution in [0, 0.1) is 20.8 Å². The Morgan fingerprint density at radius 1 is 1.22 bits per heavy atom. The van der Waals surface area contributed by atoms with E-state index in [1.165, 1.54) is 17.7 Å². The van der Waals surface area contributed by atoms with Crippen molar-refractivity contribution in [3.05, 3.63) is 58.8 Å². The van der Waals surface area contributed by atoms with Crippen molar-refractivity contribution in [1.29, 1.82) is 0 Å². The quantitative estimate of drug-likeness (QED) is 0.581. The summed E-state index contributed by atoms with van der Waals surface area (Å²) >= 11 is 1.27. The first-order chi connectivity index (χ1) is 13.0. The molecule has 4 rings (SSSR count). The molecule has 27 heavy (non-hydrogen) atoms. The summed E-state index contributed by atoms with van der Waals surface area (Å²) < 4.78 is 7.06. The van der Waals surface area contributed by atoms with Gasteiger partial charge in [0.15, 0.2) is 16.6 Å². The molecule has 0 radical (unpaired) electrons. The van der Waals surface area contributed by atoms with Crippen LogP contribution in [0.3, 0.4) is 0 Å². The largest absolute Gasteiger partial charge is 0.462 e. The Kier molecular flexibility index (Phi) is 4.28. The zero-order valence-electron chi connectivity index (χ0n) is 14.9. The molecule has 1 N–H and O–H groups in total. The summed E-state index contributed by atoms with van der Waals surface area (Å²) in [5, 5.41) is 7.86. The van der Waals surface area contributed by atoms with Gasteiger partial charge in [-0.25, -0.2) is 19.6 Å². The fourth-order valence-electron chi connectivity index (χ4n) is 2.68. The van der Waals surface area contributed by atoms with Crippen LogP contribution in [0.1, 0.15) is 26.8 Å². The number of carbonyl (C=O) groups is 1. The van der Waals surface area contributed by atoms with Crippen LogP contribution in [-0.2, 0) is 0 Å². The van der Waals surface area contributed by atoms with Gasteiger partial charge in [-0.1, -0.05) is 0 Å². The third kappa shape index (κ3) is 3.36. The number of carbonyl (C=O) groups excluding carboxylic acids is 1. The molecular weight excluding hydrogens is 364 g/mol. The number of rotatable bonds is 4. The van der Waals surface area contributed by atoms with Crippen LogP contribution in [0.5, 0.6) is 0 Å². The SMILES string of the molecule is Cc1cc(C)n(-c2cc(NC(=O)c3sc(-c4ccco4)nc3C)ncn2)n1. The van der Waals surface area contributed by atoms with E-state index < -0.39 is 0 Å². The average Bonchev–Trinajstić information content (AvgIpc) is 3.35. The van der Waals surface area contributed by atoms with E-state index in [1.54, 1.807) is 30.0 Å². The first kappa shape index (κ1) is 17.1. The smallest absolute Gasteiger partial charge is 0.268 e. The maximum Gasteiger partial charge on any atom is 0.268 e. The van der Waals surface area contributed by atoms with E-state index in [1.807, 2.05) is 26.0 Å². The average molecular weight is 380 g/mol. The van der Waals surface area contributed by atoms with Crippen LogP contribution in [0.4, 0.5) is 5.82 Å². The van der Waals surface area contributed by atoms with E-state index in [0.717, 1.165) is 11.4 Å². The van der Waals surface area contributed by atoms with Gasteiger partial charge in [0.25, 0.3) is 5.91 Å². The topological polar surface area (TPSA) is 98.7 Å². The van der Waals surface area contributed by atoms with Crippen molar-refractivity contribution in [2.24, 2.45) is 0 Å². The highest BCUT2D eigenvalue weighted by Crippen LogP contribution is 2.28. The molecule has 4 aromatic heterocycles. The lowest BCUT2D eigenvalue weighted by Crippen LogP contribution is -2.13. The van der Waals surface area contributed by atoms with Gasteiger partial charge in [-0.15, -0.1) is 11.3 Å². The molecule has 136 valence electrons. The highest BCUT2D eigenvalue weighted by atomic mass is 32.1. The molecule has 0 fully saturated rings. The Morgan fingerprint density at radius 3 is 2.78 bits per heavy atom. The van der Waals surface area contributed by atoms with Crippen LogP contribution in [0.25, 0.3) is 16.6 Å². The highest BCUT2D eigenvalue weighted by molar-refractivity contribution is 7.17. The van der Waals surface area contributed by atoms with Crippen molar-refractivity contribution in [2.45, 2.75) is 20.8 Å². The Morgan fingerprint density at radius 2 is 2.07 bits per heavy atom. The van der Waals surface area contributed by atoms with Gasteiger partial charge in [-0.3, -0.25) is 4.79 Å². The zero-order chi connectivity index (χ0) is 19.0. The maximum atomic E-state index is 12.7. The minimum atomic E-state index is -0.277. The molecule has 0 saturated carbocycles. The third-order valence-corrected chi connectivity index (χ3v) is 5.03. The second-order valence-electron chi connectivity index (χ2n) is 5.97. The normalized spacial score (nSPS) is 10.9. The molecular formula is C18H16N6O2S. The predicted molar refractivity (Wildman–Crippen MR) is 101 cm³/mol. The van der Waals surface area contributed by atoms with Gasteiger partial charge in [0.05, 0.1) is 17.7 Å². The van der Waals surface area contributed by atoms with E-state index >= 15 is 0 Å². The number of nitrogens with one attached hydrogen (secondary N) is 1. The number of furan rings is 1. The maximum absolute atomic E-state index is 12.7. The predicted octanol–water partition coefficient (Wildman–Crippen LogP) is 3.56. The van der Waals surface area contributed by atoms with Crippen LogP contribution in [-0.4, -0.2) is 30.6 Å². The molecule has 4 heterocycles. The van der Waals surface area contributed by atoms with Crippen molar-refractivity contribution >= 4 is 23.1 Å². The minimum Gasteiger partial charge on any atom is -0.462 e. The summed E-state index contributed by atoms with van der Waals surface area (Å²) in [6, 6.07) is 7.23. The van der Waals surface area contributed by atoms with Gasteiger partial charge in [0, 0.05) is 11.8 Å². The molecule has 0 saturated heterocycles. The van der Waals surface area contributed by atoms with E-state index in [4.69, 9.17) is 4.42 Å². The Balaban J connectivity index is 1.59. The second-order valence-corrected chi connectivity index (χ2v) is 6.96. The summed E-state index contributed by atoms with van der Waals surface area (Å²) in [7, 11) is 0. The summed E-state index contributed by atoms with van der Waals surface area (Å²) in [5.74, 6) is 1.34. The second kappa shape index (κ2) is 6.76. The molecule has 0 aromatic carbocycles. The van der Waals surface area contributed by atoms with Crippen LogP contribution in [0.2, 0.25) is 0 Å². The molecule has 0 aliphatic rings. The van der Waals surface area contributed by atoms with Gasteiger partial charge in [-0.2, -0.15) is 5.10 Å². The number of nitrogens with zero attached hydrogens (tertiary/aromatic N) is 5. The monoisotopic (exact) mass is 380 g/mol. The number of amides is 1. The van der Waals surface area contributed by atoms with Gasteiger partial charge in [0.2, 0.25) is 0 Å². The molecule has 0 aliphatic carbocycles. The van der Waals surface area contributed by atoms with E-state index in [0.29, 0.717) is 33.0 Å². The number of hydrogen-bond acceptors (Lipinski definition) is 7. The summed E-state index contributed by atoms with van der Waals surface area (Å²) in [6.45, 7) is 5.65. The van der Waals surface area contributed by atoms with Crippen molar-refractivity contribution in [3.8, 4) is 16.6 Å². The Labute approximate surface area is 158 Å². The number of hydrogen-bond donors (Lipinski definition) is 1. The van der Waals surface area contributed by atoms with Gasteiger partial charge >= 0.3 is 0 Å². The molecule has 0 bridgehead atoms. The lowest BCUT2D eigenvalue weighted by Gasteiger charge is -2.06. The fourth-order valence-corrected chi connectivity index (χ4v) is 3.61. The lowest BCUT2D eigenvalue weighted by atomic mass is 10.3. The molecule has 1 amide bonds. The first-order valence-corrected chi connectivity index (χ1v) is 9.01. The van der Waals surface area contributed by atoms with Gasteiger partial charge < -0.3 is 9.73 Å². The minimum absolute atomic E-state index is 0.277. The number of aromatic nitrogens is 5. The summed E-state index contributed by atoms with van der Waals surface area (Å²) in [5.41, 5.74) is 2.48. The standard InChI is InChI=1S/C18H16N6O2S/c1-10-7-11(2)24(23-10)15-8-14(19-9-20-15)22-17(25)16-12(3)21-18(27-16)13-5-4-6-26-13/h4-9H,1-3H3,(H,19,20,22,25). The molecule has 0 atom stereocenters. The van der Waals surface area contributed by atoms with Gasteiger partial charge in [-0.05, 0) is 39.0 Å². The van der Waals surface area contributed by atoms with Crippen molar-refractivity contribution in [2.75, 3.05) is 5.32 Å². The van der Waals surface area contributed by atoms with E-state index in [2.05, 4.69) is 25.4 Å². The molecule has 9 heteroatoms.